The minimum Gasteiger partial charge on any atom is -0.385 e. The first-order chi connectivity index (χ1) is 17.3. The summed E-state index contributed by atoms with van der Waals surface area (Å²) >= 11 is 0. The third-order valence-corrected chi connectivity index (χ3v) is 5.89. The van der Waals surface area contributed by atoms with Crippen LogP contribution in [0.4, 0.5) is 15.8 Å². The number of amides is 1. The van der Waals surface area contributed by atoms with Gasteiger partial charge in [-0.1, -0.05) is 39.5 Å². The lowest BCUT2D eigenvalue weighted by Crippen LogP contribution is -2.40. The standard InChI is InChI=1S/C29H36FN5O/c1-5-18-35(19-17-20(3)4)22-13-11-21(12-14-22)29(36)33-25(6-2)23-15-16-27(34-28(23)31)32-26-10-8-7-9-24(26)30/h7-16,20,27,32,34H,2,5,17-19,31H2,1,3-4H3,(H,33,36). The Morgan fingerprint density at radius 3 is 2.53 bits per heavy atom. The number of nitrogens with zero attached hydrogens (tertiary/aromatic N) is 1. The normalized spacial score (nSPS) is 14.8. The molecule has 3 rings (SSSR count). The van der Waals surface area contributed by atoms with Crippen molar-refractivity contribution in [1.82, 2.24) is 10.6 Å². The third-order valence-electron chi connectivity index (χ3n) is 5.89. The molecule has 36 heavy (non-hydrogen) atoms. The Bertz CT molecular complexity index is 1160. The fourth-order valence-corrected chi connectivity index (χ4v) is 3.89. The molecule has 0 saturated heterocycles. The quantitative estimate of drug-likeness (QED) is 0.324. The first-order valence-electron chi connectivity index (χ1n) is 12.3. The van der Waals surface area contributed by atoms with E-state index in [0.717, 1.165) is 31.6 Å². The molecule has 0 radical (unpaired) electrons. The second-order valence-electron chi connectivity index (χ2n) is 9.16. The van der Waals surface area contributed by atoms with Gasteiger partial charge < -0.3 is 26.6 Å². The molecule has 1 heterocycles. The minimum atomic E-state index is -0.415. The minimum absolute atomic E-state index is 0.280. The largest absolute Gasteiger partial charge is 0.385 e. The number of anilines is 2. The topological polar surface area (TPSA) is 82.4 Å². The smallest absolute Gasteiger partial charge is 0.256 e. The van der Waals surface area contributed by atoms with Crippen LogP contribution in [-0.4, -0.2) is 25.2 Å². The average Bonchev–Trinajstić information content (AvgIpc) is 2.87. The van der Waals surface area contributed by atoms with E-state index in [1.807, 2.05) is 24.3 Å². The molecule has 2 aromatic rings. The first kappa shape index (κ1) is 26.6. The van der Waals surface area contributed by atoms with Gasteiger partial charge in [-0.25, -0.2) is 4.39 Å². The summed E-state index contributed by atoms with van der Waals surface area (Å²) in [6.07, 6.45) is 5.29. The lowest BCUT2D eigenvalue weighted by atomic mass is 10.1. The Balaban J connectivity index is 1.65. The highest BCUT2D eigenvalue weighted by Crippen LogP contribution is 2.20. The highest BCUT2D eigenvalue weighted by Gasteiger charge is 2.19. The highest BCUT2D eigenvalue weighted by atomic mass is 19.1. The SMILES string of the molecule is C=C=C(NC(=O)c1ccc(N(CCC)CCC(C)C)cc1)C1=C(N)NC(Nc2ccccc2F)C=C1. The number of rotatable bonds is 11. The maximum Gasteiger partial charge on any atom is 0.256 e. The van der Waals surface area contributed by atoms with E-state index in [2.05, 4.69) is 53.9 Å². The Morgan fingerprint density at radius 2 is 1.92 bits per heavy atom. The zero-order chi connectivity index (χ0) is 26.1. The molecule has 1 amide bonds. The van der Waals surface area contributed by atoms with Crippen molar-refractivity contribution in [3.05, 3.63) is 101 Å². The molecule has 6 nitrogen and oxygen atoms in total. The molecule has 0 aliphatic carbocycles. The molecule has 0 saturated carbocycles. The number of para-hydroxylation sites is 1. The van der Waals surface area contributed by atoms with Crippen LogP contribution in [0.1, 0.15) is 44.0 Å². The summed E-state index contributed by atoms with van der Waals surface area (Å²) in [5.41, 5.74) is 11.9. The Kier molecular flexibility index (Phi) is 9.37. The summed E-state index contributed by atoms with van der Waals surface area (Å²) < 4.78 is 14.0. The third kappa shape index (κ3) is 7.03. The fraction of sp³-hybridized carbons (Fsp3) is 0.310. The van der Waals surface area contributed by atoms with Gasteiger partial charge in [-0.3, -0.25) is 4.79 Å². The van der Waals surface area contributed by atoms with E-state index in [9.17, 15) is 9.18 Å². The second-order valence-corrected chi connectivity index (χ2v) is 9.16. The average molecular weight is 490 g/mol. The molecule has 1 aliphatic heterocycles. The van der Waals surface area contributed by atoms with Crippen LogP contribution in [0.15, 0.2) is 90.1 Å². The van der Waals surface area contributed by atoms with Crippen LogP contribution >= 0.6 is 0 Å². The lowest BCUT2D eigenvalue weighted by Gasteiger charge is -2.26. The maximum atomic E-state index is 14.0. The highest BCUT2D eigenvalue weighted by molar-refractivity contribution is 5.96. The van der Waals surface area contributed by atoms with Crippen LogP contribution in [0.2, 0.25) is 0 Å². The van der Waals surface area contributed by atoms with E-state index >= 15 is 0 Å². The van der Waals surface area contributed by atoms with Crippen LogP contribution in [0, 0.1) is 11.7 Å². The van der Waals surface area contributed by atoms with Crippen molar-refractivity contribution in [1.29, 1.82) is 0 Å². The predicted molar refractivity (Wildman–Crippen MR) is 146 cm³/mol. The van der Waals surface area contributed by atoms with E-state index in [1.54, 1.807) is 30.4 Å². The van der Waals surface area contributed by atoms with Gasteiger partial charge in [0.25, 0.3) is 5.91 Å². The van der Waals surface area contributed by atoms with Crippen molar-refractivity contribution in [3.63, 3.8) is 0 Å². The molecule has 0 bridgehead atoms. The van der Waals surface area contributed by atoms with E-state index in [1.165, 1.54) is 6.07 Å². The number of carbonyl (C=O) groups is 1. The first-order valence-corrected chi connectivity index (χ1v) is 12.3. The number of benzene rings is 2. The van der Waals surface area contributed by atoms with Crippen LogP contribution in [0.3, 0.4) is 0 Å². The van der Waals surface area contributed by atoms with E-state index < -0.39 is 6.17 Å². The van der Waals surface area contributed by atoms with Crippen LogP contribution < -0.4 is 26.6 Å². The number of nitrogens with one attached hydrogen (secondary N) is 3. The molecular weight excluding hydrogens is 453 g/mol. The van der Waals surface area contributed by atoms with E-state index in [0.29, 0.717) is 34.3 Å². The number of hydrogen-bond donors (Lipinski definition) is 4. The van der Waals surface area contributed by atoms with Crippen LogP contribution in [0.5, 0.6) is 0 Å². The second kappa shape index (κ2) is 12.7. The number of dihydropyridines is 1. The number of carbonyl (C=O) groups excluding carboxylic acids is 1. The van der Waals surface area contributed by atoms with Gasteiger partial charge in [0.2, 0.25) is 0 Å². The Labute approximate surface area is 213 Å². The molecular formula is C29H36FN5O. The molecule has 190 valence electrons. The molecule has 5 N–H and O–H groups in total. The lowest BCUT2D eigenvalue weighted by molar-refractivity contribution is 0.0967. The van der Waals surface area contributed by atoms with Gasteiger partial charge in [-0.15, -0.1) is 5.73 Å². The van der Waals surface area contributed by atoms with Crippen molar-refractivity contribution in [2.45, 2.75) is 39.8 Å². The zero-order valence-electron chi connectivity index (χ0n) is 21.3. The molecule has 1 unspecified atom stereocenters. The van der Waals surface area contributed by atoms with Gasteiger partial charge in [0.05, 0.1) is 11.4 Å². The molecule has 2 aromatic carbocycles. The van der Waals surface area contributed by atoms with Gasteiger partial charge in [0.15, 0.2) is 0 Å². The van der Waals surface area contributed by atoms with Gasteiger partial charge in [0, 0.05) is 29.9 Å². The molecule has 0 fully saturated rings. The summed E-state index contributed by atoms with van der Waals surface area (Å²) in [5.74, 6) is 0.309. The number of nitrogens with two attached hydrogens (primary N) is 1. The summed E-state index contributed by atoms with van der Waals surface area (Å²) in [4.78, 5) is 15.3. The maximum absolute atomic E-state index is 14.0. The van der Waals surface area contributed by atoms with Crippen molar-refractivity contribution < 1.29 is 9.18 Å². The van der Waals surface area contributed by atoms with E-state index in [4.69, 9.17) is 5.73 Å². The van der Waals surface area contributed by atoms with Gasteiger partial charge in [-0.05, 0) is 67.3 Å². The number of hydrogen-bond acceptors (Lipinski definition) is 5. The van der Waals surface area contributed by atoms with Gasteiger partial charge in [0.1, 0.15) is 17.8 Å². The summed E-state index contributed by atoms with van der Waals surface area (Å²) in [6, 6.07) is 14.0. The summed E-state index contributed by atoms with van der Waals surface area (Å²) in [6.45, 7) is 12.3. The molecule has 7 heteroatoms. The molecule has 0 aromatic heterocycles. The number of halogens is 1. The Morgan fingerprint density at radius 1 is 1.19 bits per heavy atom. The molecule has 1 atom stereocenters. The predicted octanol–water partition coefficient (Wildman–Crippen LogP) is 5.25. The summed E-state index contributed by atoms with van der Waals surface area (Å²) in [7, 11) is 0. The summed E-state index contributed by atoms with van der Waals surface area (Å²) in [5, 5.41) is 8.96. The van der Waals surface area contributed by atoms with Crippen molar-refractivity contribution in [3.8, 4) is 0 Å². The number of allylic oxidation sites excluding steroid dienone is 1. The fourth-order valence-electron chi connectivity index (χ4n) is 3.89. The molecule has 0 spiro atoms. The van der Waals surface area contributed by atoms with Crippen molar-refractivity contribution in [2.24, 2.45) is 11.7 Å². The van der Waals surface area contributed by atoms with Crippen molar-refractivity contribution in [2.75, 3.05) is 23.3 Å². The Hall–Kier alpha value is -3.96. The molecule has 1 aliphatic rings. The van der Waals surface area contributed by atoms with Crippen molar-refractivity contribution >= 4 is 17.3 Å². The van der Waals surface area contributed by atoms with Gasteiger partial charge >= 0.3 is 0 Å². The van der Waals surface area contributed by atoms with Gasteiger partial charge in [-0.2, -0.15) is 0 Å². The van der Waals surface area contributed by atoms with Crippen LogP contribution in [-0.2, 0) is 0 Å². The zero-order valence-corrected chi connectivity index (χ0v) is 21.3. The van der Waals surface area contributed by atoms with Crippen LogP contribution in [0.25, 0.3) is 0 Å². The monoisotopic (exact) mass is 489 g/mol. The van der Waals surface area contributed by atoms with E-state index in [-0.39, 0.29) is 11.7 Å².